The smallest absolute Gasteiger partial charge is 0.284 e. The van der Waals surface area contributed by atoms with Crippen molar-refractivity contribution >= 4 is 61.7 Å². The Bertz CT molecular complexity index is 1300. The molecule has 0 saturated carbocycles. The molecule has 0 unspecified atom stereocenters. The molecule has 2 amide bonds. The van der Waals surface area contributed by atoms with Gasteiger partial charge in [-0.15, -0.1) is 4.40 Å². The van der Waals surface area contributed by atoms with Crippen molar-refractivity contribution in [2.45, 2.75) is 16.6 Å². The number of thioether (sulfide) groups is 1. The zero-order valence-corrected chi connectivity index (χ0v) is 19.5. The van der Waals surface area contributed by atoms with E-state index in [1.807, 2.05) is 0 Å². The lowest BCUT2D eigenvalue weighted by Gasteiger charge is -2.16. The molecule has 3 aromatic carbocycles. The molecule has 33 heavy (non-hydrogen) atoms. The van der Waals surface area contributed by atoms with Crippen LogP contribution < -0.4 is 10.2 Å². The maximum absolute atomic E-state index is 13.2. The number of hydrogen-bond donors (Lipinski definition) is 1. The van der Waals surface area contributed by atoms with Gasteiger partial charge in [0.2, 0.25) is 11.8 Å². The summed E-state index contributed by atoms with van der Waals surface area (Å²) >= 11 is 6.81. The van der Waals surface area contributed by atoms with Crippen LogP contribution >= 0.6 is 23.4 Å². The summed E-state index contributed by atoms with van der Waals surface area (Å²) in [4.78, 5) is 27.0. The number of nitrogens with zero attached hydrogens (tertiary/aromatic N) is 2. The number of carbonyl (C=O) groups excluding carboxylic acids is 2. The Morgan fingerprint density at radius 2 is 1.58 bits per heavy atom. The van der Waals surface area contributed by atoms with E-state index in [2.05, 4.69) is 9.71 Å². The van der Waals surface area contributed by atoms with Crippen molar-refractivity contribution in [2.24, 2.45) is 4.40 Å². The standard InChI is InChI=1S/C23H18ClN3O4S2/c24-16-11-13-17(14-12-16)25-21(28)15-20-22(29)27(18-7-3-1-4-8-18)23(32-20)26-33(30,31)19-9-5-2-6-10-19/h1-14,20H,15H2,(H,25,28)/t20-/m1/s1. The van der Waals surface area contributed by atoms with Gasteiger partial charge in [-0.2, -0.15) is 8.42 Å². The van der Waals surface area contributed by atoms with Gasteiger partial charge in [0.15, 0.2) is 5.17 Å². The fourth-order valence-corrected chi connectivity index (χ4v) is 5.62. The van der Waals surface area contributed by atoms with Gasteiger partial charge in [-0.25, -0.2) is 0 Å². The predicted molar refractivity (Wildman–Crippen MR) is 131 cm³/mol. The van der Waals surface area contributed by atoms with E-state index in [9.17, 15) is 18.0 Å². The van der Waals surface area contributed by atoms with E-state index < -0.39 is 21.2 Å². The van der Waals surface area contributed by atoms with Crippen LogP contribution in [0.15, 0.2) is 94.2 Å². The monoisotopic (exact) mass is 499 g/mol. The number of benzene rings is 3. The van der Waals surface area contributed by atoms with Crippen LogP contribution in [-0.4, -0.2) is 30.6 Å². The molecule has 1 fully saturated rings. The number of amides is 2. The van der Waals surface area contributed by atoms with Crippen LogP contribution in [-0.2, 0) is 19.6 Å². The lowest BCUT2D eigenvalue weighted by atomic mass is 10.2. The molecule has 7 nitrogen and oxygen atoms in total. The van der Waals surface area contributed by atoms with Gasteiger partial charge >= 0.3 is 0 Å². The fourth-order valence-electron chi connectivity index (χ4n) is 3.14. The first-order valence-electron chi connectivity index (χ1n) is 9.84. The zero-order chi connectivity index (χ0) is 23.4. The van der Waals surface area contributed by atoms with Gasteiger partial charge in [-0.1, -0.05) is 59.8 Å². The van der Waals surface area contributed by atoms with Gasteiger partial charge in [0.1, 0.15) is 5.25 Å². The molecule has 1 heterocycles. The Kier molecular flexibility index (Phi) is 6.83. The van der Waals surface area contributed by atoms with Crippen LogP contribution in [0.25, 0.3) is 0 Å². The van der Waals surface area contributed by atoms with Crippen LogP contribution in [0, 0.1) is 0 Å². The summed E-state index contributed by atoms with van der Waals surface area (Å²) in [5.41, 5.74) is 1.01. The van der Waals surface area contributed by atoms with Gasteiger partial charge in [-0.3, -0.25) is 14.5 Å². The molecule has 0 aliphatic carbocycles. The summed E-state index contributed by atoms with van der Waals surface area (Å²) in [6, 6.07) is 23.0. The average Bonchev–Trinajstić information content (AvgIpc) is 3.10. The Morgan fingerprint density at radius 1 is 0.970 bits per heavy atom. The molecule has 0 bridgehead atoms. The highest BCUT2D eigenvalue weighted by molar-refractivity contribution is 8.16. The van der Waals surface area contributed by atoms with Crippen molar-refractivity contribution < 1.29 is 18.0 Å². The van der Waals surface area contributed by atoms with Crippen molar-refractivity contribution in [3.8, 4) is 0 Å². The first-order chi connectivity index (χ1) is 15.8. The first-order valence-corrected chi connectivity index (χ1v) is 12.5. The molecule has 1 saturated heterocycles. The molecule has 168 valence electrons. The third-order valence-electron chi connectivity index (χ3n) is 4.69. The second-order valence-corrected chi connectivity index (χ2v) is 10.2. The summed E-state index contributed by atoms with van der Waals surface area (Å²) in [5, 5.41) is 2.42. The number of nitrogens with one attached hydrogen (secondary N) is 1. The minimum Gasteiger partial charge on any atom is -0.326 e. The maximum Gasteiger partial charge on any atom is 0.284 e. The number of rotatable bonds is 6. The highest BCUT2D eigenvalue weighted by Gasteiger charge is 2.41. The molecule has 1 atom stereocenters. The van der Waals surface area contributed by atoms with Crippen molar-refractivity contribution in [1.29, 1.82) is 0 Å². The Hall–Kier alpha value is -3.14. The molecule has 1 aliphatic heterocycles. The van der Waals surface area contributed by atoms with Crippen LogP contribution in [0.1, 0.15) is 6.42 Å². The molecule has 4 rings (SSSR count). The van der Waals surface area contributed by atoms with E-state index >= 15 is 0 Å². The van der Waals surface area contributed by atoms with Gasteiger partial charge in [-0.05, 0) is 48.5 Å². The Labute approximate surface area is 200 Å². The lowest BCUT2D eigenvalue weighted by Crippen LogP contribution is -2.33. The van der Waals surface area contributed by atoms with E-state index in [0.29, 0.717) is 16.4 Å². The summed E-state index contributed by atoms with van der Waals surface area (Å²) < 4.78 is 29.6. The third kappa shape index (κ3) is 5.44. The van der Waals surface area contributed by atoms with Crippen molar-refractivity contribution in [3.63, 3.8) is 0 Å². The minimum absolute atomic E-state index is 0.000606. The number of anilines is 2. The van der Waals surface area contributed by atoms with Crippen molar-refractivity contribution in [2.75, 3.05) is 10.2 Å². The normalized spacial score (nSPS) is 17.4. The summed E-state index contributed by atoms with van der Waals surface area (Å²) in [5.74, 6) is -0.803. The Balaban J connectivity index is 1.61. The molecule has 10 heteroatoms. The van der Waals surface area contributed by atoms with E-state index in [4.69, 9.17) is 11.6 Å². The van der Waals surface area contributed by atoms with Gasteiger partial charge in [0.05, 0.1) is 10.6 Å². The van der Waals surface area contributed by atoms with Gasteiger partial charge < -0.3 is 5.32 Å². The van der Waals surface area contributed by atoms with Crippen LogP contribution in [0.3, 0.4) is 0 Å². The number of sulfonamides is 1. The predicted octanol–water partition coefficient (Wildman–Crippen LogP) is 4.56. The highest BCUT2D eigenvalue weighted by atomic mass is 35.5. The van der Waals surface area contributed by atoms with E-state index in [-0.39, 0.29) is 22.4 Å². The lowest BCUT2D eigenvalue weighted by molar-refractivity contribution is -0.121. The largest absolute Gasteiger partial charge is 0.326 e. The Morgan fingerprint density at radius 3 is 2.21 bits per heavy atom. The zero-order valence-electron chi connectivity index (χ0n) is 17.1. The molecular formula is C23H18ClN3O4S2. The molecule has 1 aliphatic rings. The van der Waals surface area contributed by atoms with Crippen LogP contribution in [0.4, 0.5) is 11.4 Å². The van der Waals surface area contributed by atoms with Crippen LogP contribution in [0.2, 0.25) is 5.02 Å². The van der Waals surface area contributed by atoms with Gasteiger partial charge in [0.25, 0.3) is 10.0 Å². The molecule has 3 aromatic rings. The van der Waals surface area contributed by atoms with Crippen LogP contribution in [0.5, 0.6) is 0 Å². The van der Waals surface area contributed by atoms with E-state index in [1.165, 1.54) is 17.0 Å². The second-order valence-electron chi connectivity index (χ2n) is 7.04. The maximum atomic E-state index is 13.2. The number of halogens is 1. The number of carbonyl (C=O) groups is 2. The SMILES string of the molecule is O=C(C[C@H]1SC(=NS(=O)(=O)c2ccccc2)N(c2ccccc2)C1=O)Nc1ccc(Cl)cc1. The fraction of sp³-hybridized carbons (Fsp3) is 0.0870. The molecular weight excluding hydrogens is 482 g/mol. The topological polar surface area (TPSA) is 95.9 Å². The second kappa shape index (κ2) is 9.78. The number of hydrogen-bond acceptors (Lipinski definition) is 5. The van der Waals surface area contributed by atoms with Crippen molar-refractivity contribution in [1.82, 2.24) is 0 Å². The summed E-state index contributed by atoms with van der Waals surface area (Å²) in [6.07, 6.45) is -0.153. The molecule has 0 radical (unpaired) electrons. The molecule has 0 spiro atoms. The molecule has 1 N–H and O–H groups in total. The minimum atomic E-state index is -4.05. The molecule has 0 aromatic heterocycles. The van der Waals surface area contributed by atoms with E-state index in [0.717, 1.165) is 11.8 Å². The average molecular weight is 500 g/mol. The summed E-state index contributed by atoms with van der Waals surface area (Å²) in [6.45, 7) is 0. The quantitative estimate of drug-likeness (QED) is 0.536. The highest BCUT2D eigenvalue weighted by Crippen LogP contribution is 2.35. The third-order valence-corrected chi connectivity index (χ3v) is 7.47. The van der Waals surface area contributed by atoms with Gasteiger partial charge in [0, 0.05) is 17.1 Å². The summed E-state index contributed by atoms with van der Waals surface area (Å²) in [7, 11) is -4.05. The number of amidine groups is 1. The van der Waals surface area contributed by atoms with Crippen molar-refractivity contribution in [3.05, 3.63) is 90.0 Å². The number of para-hydroxylation sites is 1. The van der Waals surface area contributed by atoms with E-state index in [1.54, 1.807) is 72.8 Å². The first kappa shape index (κ1) is 23.0.